The van der Waals surface area contributed by atoms with E-state index in [1.54, 1.807) is 17.1 Å². The number of aromatic nitrogens is 4. The fourth-order valence-corrected chi connectivity index (χ4v) is 6.11. The smallest absolute Gasteiger partial charge is 0.269 e. The number of halogens is 1. The molecule has 0 spiro atoms. The van der Waals surface area contributed by atoms with Gasteiger partial charge in [-0.25, -0.2) is 4.39 Å². The van der Waals surface area contributed by atoms with Gasteiger partial charge in [-0.3, -0.25) is 19.2 Å². The number of rotatable bonds is 10. The average Bonchev–Trinajstić information content (AvgIpc) is 3.72. The van der Waals surface area contributed by atoms with E-state index in [1.807, 2.05) is 59.5 Å². The summed E-state index contributed by atoms with van der Waals surface area (Å²) >= 11 is 0. The topological polar surface area (TPSA) is 128 Å². The van der Waals surface area contributed by atoms with E-state index in [1.165, 1.54) is 0 Å². The van der Waals surface area contributed by atoms with Gasteiger partial charge in [0.15, 0.2) is 5.69 Å². The van der Waals surface area contributed by atoms with Crippen LogP contribution >= 0.6 is 0 Å². The van der Waals surface area contributed by atoms with Crippen molar-refractivity contribution in [2.24, 2.45) is 5.73 Å². The predicted molar refractivity (Wildman–Crippen MR) is 155 cm³/mol. The number of hydrogen-bond acceptors (Lipinski definition) is 7. The number of carbonyl (C=O) groups excluding carboxylic acids is 2. The first kappa shape index (κ1) is 27.9. The molecule has 4 atom stereocenters. The van der Waals surface area contributed by atoms with E-state index in [9.17, 15) is 14.0 Å². The van der Waals surface area contributed by atoms with Gasteiger partial charge in [0, 0.05) is 30.5 Å². The molecule has 3 N–H and O–H groups in total. The van der Waals surface area contributed by atoms with E-state index in [4.69, 9.17) is 10.5 Å². The van der Waals surface area contributed by atoms with Crippen LogP contribution in [0.25, 0.3) is 22.0 Å². The number of primary amides is 1. The molecule has 1 unspecified atom stereocenters. The molecule has 42 heavy (non-hydrogen) atoms. The number of likely N-dealkylation sites (tertiary alicyclic amines) is 1. The normalized spacial score (nSPS) is 22.5. The first-order chi connectivity index (χ1) is 20.5. The molecule has 6 rings (SSSR count). The summed E-state index contributed by atoms with van der Waals surface area (Å²) in [6, 6.07) is 16.8. The van der Waals surface area contributed by atoms with Crippen LogP contribution in [0, 0.1) is 0 Å². The average molecular weight is 572 g/mol. The van der Waals surface area contributed by atoms with Crippen LogP contribution in [-0.2, 0) is 22.7 Å². The number of carbonyl (C=O) groups is 2. The molecule has 3 heterocycles. The van der Waals surface area contributed by atoms with Gasteiger partial charge >= 0.3 is 0 Å². The fraction of sp³-hybridized carbons (Fsp3) is 0.387. The van der Waals surface area contributed by atoms with Gasteiger partial charge in [0.05, 0.1) is 49.2 Å². The van der Waals surface area contributed by atoms with Gasteiger partial charge in [0.2, 0.25) is 5.91 Å². The second-order valence-corrected chi connectivity index (χ2v) is 11.0. The Balaban J connectivity index is 1.13. The predicted octanol–water partition coefficient (Wildman–Crippen LogP) is 3.26. The summed E-state index contributed by atoms with van der Waals surface area (Å²) in [6.45, 7) is 1.41. The Labute approximate surface area is 243 Å². The second kappa shape index (κ2) is 12.3. The highest BCUT2D eigenvalue weighted by molar-refractivity contribution is 6.05. The van der Waals surface area contributed by atoms with Crippen molar-refractivity contribution < 1.29 is 18.7 Å². The van der Waals surface area contributed by atoms with E-state index in [-0.39, 0.29) is 36.7 Å². The van der Waals surface area contributed by atoms with Crippen LogP contribution in [0.4, 0.5) is 4.39 Å². The molecule has 11 heteroatoms. The van der Waals surface area contributed by atoms with Crippen LogP contribution in [-0.4, -0.2) is 74.1 Å². The summed E-state index contributed by atoms with van der Waals surface area (Å²) < 4.78 is 22.5. The van der Waals surface area contributed by atoms with Crippen LogP contribution in [0.5, 0.6) is 0 Å². The lowest BCUT2D eigenvalue weighted by Gasteiger charge is -2.27. The highest BCUT2D eigenvalue weighted by atomic mass is 19.1. The molecule has 0 bridgehead atoms. The summed E-state index contributed by atoms with van der Waals surface area (Å²) in [4.78, 5) is 27.5. The third-order valence-electron chi connectivity index (χ3n) is 8.24. The number of hydrogen-bond donors (Lipinski definition) is 2. The van der Waals surface area contributed by atoms with Gasteiger partial charge in [-0.15, -0.1) is 0 Å². The summed E-state index contributed by atoms with van der Waals surface area (Å²) in [7, 11) is 0. The van der Waals surface area contributed by atoms with Crippen molar-refractivity contribution in [1.82, 2.24) is 30.2 Å². The molecule has 10 nitrogen and oxygen atoms in total. The van der Waals surface area contributed by atoms with Gasteiger partial charge in [0.25, 0.3) is 5.91 Å². The zero-order valence-corrected chi connectivity index (χ0v) is 23.2. The van der Waals surface area contributed by atoms with Gasteiger partial charge in [-0.2, -0.15) is 15.3 Å². The van der Waals surface area contributed by atoms with Crippen LogP contribution in [0.15, 0.2) is 67.0 Å². The Hall–Kier alpha value is -4.22. The van der Waals surface area contributed by atoms with Crippen LogP contribution in [0.1, 0.15) is 41.7 Å². The van der Waals surface area contributed by atoms with Crippen molar-refractivity contribution >= 4 is 22.7 Å². The van der Waals surface area contributed by atoms with Crippen LogP contribution in [0.3, 0.4) is 0 Å². The fourth-order valence-electron chi connectivity index (χ4n) is 6.11. The Morgan fingerprint density at radius 3 is 2.69 bits per heavy atom. The van der Waals surface area contributed by atoms with Crippen LogP contribution in [0.2, 0.25) is 0 Å². The molecule has 2 amide bonds. The molecular formula is C31H34FN7O3. The summed E-state index contributed by atoms with van der Waals surface area (Å²) in [6.07, 6.45) is 4.91. The van der Waals surface area contributed by atoms with E-state index in [0.29, 0.717) is 25.1 Å². The van der Waals surface area contributed by atoms with E-state index in [0.717, 1.165) is 41.5 Å². The number of nitrogens with two attached hydrogens (primary N) is 1. The van der Waals surface area contributed by atoms with E-state index >= 15 is 0 Å². The number of amides is 2. The minimum Gasteiger partial charge on any atom is -0.371 e. The molecule has 1 aliphatic carbocycles. The van der Waals surface area contributed by atoms with Crippen molar-refractivity contribution in [2.75, 3.05) is 13.1 Å². The minimum absolute atomic E-state index is 0.0688. The molecule has 218 valence electrons. The Morgan fingerprint density at radius 1 is 1.05 bits per heavy atom. The van der Waals surface area contributed by atoms with Crippen molar-refractivity contribution in [1.29, 1.82) is 0 Å². The summed E-state index contributed by atoms with van der Waals surface area (Å²) in [5.74, 6) is -0.805. The van der Waals surface area contributed by atoms with Gasteiger partial charge in [0.1, 0.15) is 6.17 Å². The maximum atomic E-state index is 14.6. The van der Waals surface area contributed by atoms with Crippen molar-refractivity contribution in [3.05, 3.63) is 78.2 Å². The molecule has 2 fully saturated rings. The van der Waals surface area contributed by atoms with E-state index < -0.39 is 18.1 Å². The highest BCUT2D eigenvalue weighted by Gasteiger charge is 2.39. The number of nitrogens with zero attached hydrogens (tertiary/aromatic N) is 5. The lowest BCUT2D eigenvalue weighted by molar-refractivity contribution is -0.127. The van der Waals surface area contributed by atoms with Crippen molar-refractivity contribution in [3.8, 4) is 11.1 Å². The minimum atomic E-state index is -1.10. The highest BCUT2D eigenvalue weighted by Crippen LogP contribution is 2.28. The lowest BCUT2D eigenvalue weighted by atomic mass is 10.0. The molecule has 4 aromatic rings. The number of fused-ring (bicyclic) bond motifs is 1. The third-order valence-corrected chi connectivity index (χ3v) is 8.24. The number of alkyl halides is 1. The quantitative estimate of drug-likeness (QED) is 0.299. The molecular weight excluding hydrogens is 537 g/mol. The maximum Gasteiger partial charge on any atom is 0.269 e. The van der Waals surface area contributed by atoms with Crippen molar-refractivity contribution in [3.63, 3.8) is 0 Å². The standard InChI is InChI=1S/C31H34FN7O3/c32-23-16-27(31(41)36-25-7-4-8-28(25)42-19-20-5-2-1-3-6-20)38(18-23)13-14-39-26-10-9-21(22-11-12-34-35-17-22)15-24(26)29(37-39)30(33)40/h1-3,5-6,9-12,15,17,23,25,27-28H,4,7-8,13-14,16,18-19H2,(H2,33,40)(H,36,41)/t23-,25-,27+,28?/m1/s1. The Kier molecular flexibility index (Phi) is 8.20. The molecule has 2 aliphatic rings. The largest absolute Gasteiger partial charge is 0.371 e. The molecule has 1 aliphatic heterocycles. The molecule has 1 saturated heterocycles. The summed E-state index contributed by atoms with van der Waals surface area (Å²) in [5, 5.41) is 16.0. The molecule has 2 aromatic carbocycles. The third kappa shape index (κ3) is 6.02. The zero-order chi connectivity index (χ0) is 29.1. The molecule has 0 radical (unpaired) electrons. The van der Waals surface area contributed by atoms with Gasteiger partial charge < -0.3 is 15.8 Å². The van der Waals surface area contributed by atoms with Crippen molar-refractivity contribution in [2.45, 2.75) is 63.2 Å². The first-order valence-electron chi connectivity index (χ1n) is 14.4. The second-order valence-electron chi connectivity index (χ2n) is 11.0. The number of ether oxygens (including phenoxy) is 1. The van der Waals surface area contributed by atoms with Gasteiger partial charge in [-0.1, -0.05) is 36.4 Å². The first-order valence-corrected chi connectivity index (χ1v) is 14.4. The zero-order valence-electron chi connectivity index (χ0n) is 23.2. The van der Waals surface area contributed by atoms with E-state index in [2.05, 4.69) is 20.6 Å². The maximum absolute atomic E-state index is 14.6. The van der Waals surface area contributed by atoms with Gasteiger partial charge in [-0.05, 0) is 48.6 Å². The van der Waals surface area contributed by atoms with Crippen LogP contribution < -0.4 is 11.1 Å². The molecule has 2 aromatic heterocycles. The SMILES string of the molecule is NC(=O)c1nn(CCN2C[C@H](F)C[C@H]2C(=O)N[C@@H]2CCCC2OCc2ccccc2)c2ccc(-c3ccnnc3)cc12. The number of benzene rings is 2. The molecule has 1 saturated carbocycles. The lowest BCUT2D eigenvalue weighted by Crippen LogP contribution is -2.50. The Morgan fingerprint density at radius 2 is 1.90 bits per heavy atom. The number of nitrogens with one attached hydrogen (secondary N) is 1. The monoisotopic (exact) mass is 571 g/mol. The Bertz CT molecular complexity index is 1550. The summed E-state index contributed by atoms with van der Waals surface area (Å²) in [5.41, 5.74) is 9.36.